The van der Waals surface area contributed by atoms with Gasteiger partial charge >= 0.3 is 0 Å². The number of ether oxygens (including phenoxy) is 2. The molecule has 7 heteroatoms. The molecule has 0 aliphatic heterocycles. The van der Waals surface area contributed by atoms with Gasteiger partial charge in [0, 0.05) is 17.3 Å². The third-order valence-corrected chi connectivity index (χ3v) is 4.38. The summed E-state index contributed by atoms with van der Waals surface area (Å²) in [6, 6.07) is 5.12. The highest BCUT2D eigenvalue weighted by Gasteiger charge is 2.16. The second kappa shape index (κ2) is 9.79. The first kappa shape index (κ1) is 19.8. The maximum atomic E-state index is 12.2. The van der Waals surface area contributed by atoms with Crippen molar-refractivity contribution in [3.05, 3.63) is 23.8 Å². The number of methoxy groups -OCH3 is 2. The van der Waals surface area contributed by atoms with E-state index in [0.29, 0.717) is 22.8 Å². The van der Waals surface area contributed by atoms with Crippen LogP contribution in [0, 0.1) is 0 Å². The maximum Gasteiger partial charge on any atom is 0.271 e. The molecule has 0 atom stereocenters. The van der Waals surface area contributed by atoms with Crippen molar-refractivity contribution in [1.29, 1.82) is 0 Å². The Morgan fingerprint density at radius 2 is 1.81 bits per heavy atom. The number of carbonyl (C=O) groups is 2. The molecule has 2 N–H and O–H groups in total. The van der Waals surface area contributed by atoms with E-state index in [-0.39, 0.29) is 24.3 Å². The Labute approximate surface area is 154 Å². The second-order valence-electron chi connectivity index (χ2n) is 6.44. The number of hydrogen-bond donors (Lipinski definition) is 2. The van der Waals surface area contributed by atoms with Crippen LogP contribution in [-0.2, 0) is 4.79 Å². The molecule has 0 aromatic heterocycles. The van der Waals surface area contributed by atoms with Crippen molar-refractivity contribution >= 4 is 17.5 Å². The van der Waals surface area contributed by atoms with Gasteiger partial charge in [0.15, 0.2) is 11.5 Å². The minimum Gasteiger partial charge on any atom is -0.493 e. The predicted octanol–water partition coefficient (Wildman–Crippen LogP) is 2.65. The van der Waals surface area contributed by atoms with Crippen LogP contribution in [0.3, 0.4) is 0 Å². The normalized spacial score (nSPS) is 15.3. The molecule has 1 aliphatic rings. The summed E-state index contributed by atoms with van der Waals surface area (Å²) in [5.41, 5.74) is 3.41. The van der Waals surface area contributed by atoms with Gasteiger partial charge in [-0.05, 0) is 38.0 Å². The van der Waals surface area contributed by atoms with Crippen LogP contribution in [0.25, 0.3) is 0 Å². The van der Waals surface area contributed by atoms with Crippen LogP contribution in [0.2, 0.25) is 0 Å². The molecule has 142 valence electrons. The van der Waals surface area contributed by atoms with Crippen molar-refractivity contribution < 1.29 is 19.1 Å². The Bertz CT molecular complexity index is 667. The summed E-state index contributed by atoms with van der Waals surface area (Å²) in [5.74, 6) is 0.576. The topological polar surface area (TPSA) is 89.0 Å². The highest BCUT2D eigenvalue weighted by Crippen LogP contribution is 2.27. The summed E-state index contributed by atoms with van der Waals surface area (Å²) in [6.45, 7) is 1.72. The fourth-order valence-electron chi connectivity index (χ4n) is 2.99. The quantitative estimate of drug-likeness (QED) is 0.577. The van der Waals surface area contributed by atoms with E-state index in [9.17, 15) is 9.59 Å². The summed E-state index contributed by atoms with van der Waals surface area (Å²) >= 11 is 0. The number of hydrogen-bond acceptors (Lipinski definition) is 5. The average molecular weight is 361 g/mol. The Morgan fingerprint density at radius 3 is 2.46 bits per heavy atom. The maximum absolute atomic E-state index is 12.2. The molecule has 1 fully saturated rings. The predicted molar refractivity (Wildman–Crippen MR) is 99.8 cm³/mol. The lowest BCUT2D eigenvalue weighted by atomic mass is 9.95. The molecule has 1 saturated carbocycles. The molecule has 26 heavy (non-hydrogen) atoms. The number of nitrogens with one attached hydrogen (secondary N) is 2. The second-order valence-corrected chi connectivity index (χ2v) is 6.44. The molecule has 1 aromatic rings. The van der Waals surface area contributed by atoms with Crippen molar-refractivity contribution in [2.75, 3.05) is 14.2 Å². The highest BCUT2D eigenvalue weighted by molar-refractivity contribution is 6.01. The van der Waals surface area contributed by atoms with E-state index >= 15 is 0 Å². The van der Waals surface area contributed by atoms with Crippen molar-refractivity contribution in [2.24, 2.45) is 5.10 Å². The molecule has 0 bridgehead atoms. The SMILES string of the molecule is COc1ccc(C(=O)N/N=C(\C)CC(=O)NC2CCCCC2)cc1OC. The number of rotatable bonds is 7. The van der Waals surface area contributed by atoms with Crippen LogP contribution in [0.5, 0.6) is 11.5 Å². The molecule has 0 spiro atoms. The molecular weight excluding hydrogens is 334 g/mol. The molecule has 7 nitrogen and oxygen atoms in total. The lowest BCUT2D eigenvalue weighted by Crippen LogP contribution is -2.37. The lowest BCUT2D eigenvalue weighted by molar-refractivity contribution is -0.120. The average Bonchev–Trinajstić information content (AvgIpc) is 2.66. The fraction of sp³-hybridized carbons (Fsp3) is 0.526. The summed E-state index contributed by atoms with van der Waals surface area (Å²) < 4.78 is 10.3. The van der Waals surface area contributed by atoms with Gasteiger partial charge in [0.25, 0.3) is 5.91 Å². The van der Waals surface area contributed by atoms with E-state index < -0.39 is 0 Å². The smallest absolute Gasteiger partial charge is 0.271 e. The van der Waals surface area contributed by atoms with Crippen molar-refractivity contribution in [3.63, 3.8) is 0 Å². The number of amides is 2. The van der Waals surface area contributed by atoms with Crippen molar-refractivity contribution in [2.45, 2.75) is 51.5 Å². The third-order valence-electron chi connectivity index (χ3n) is 4.38. The summed E-state index contributed by atoms with van der Waals surface area (Å²) in [4.78, 5) is 24.3. The van der Waals surface area contributed by atoms with Gasteiger partial charge in [-0.25, -0.2) is 5.43 Å². The van der Waals surface area contributed by atoms with E-state index in [0.717, 1.165) is 12.8 Å². The van der Waals surface area contributed by atoms with Gasteiger partial charge in [0.2, 0.25) is 5.91 Å². The van der Waals surface area contributed by atoms with Gasteiger partial charge in [0.05, 0.1) is 20.6 Å². The van der Waals surface area contributed by atoms with Crippen LogP contribution in [-0.4, -0.2) is 37.8 Å². The zero-order chi connectivity index (χ0) is 18.9. The minimum absolute atomic E-state index is 0.0569. The lowest BCUT2D eigenvalue weighted by Gasteiger charge is -2.22. The fourth-order valence-corrected chi connectivity index (χ4v) is 2.99. The first-order chi connectivity index (χ1) is 12.5. The van der Waals surface area contributed by atoms with E-state index in [4.69, 9.17) is 9.47 Å². The minimum atomic E-state index is -0.377. The summed E-state index contributed by atoms with van der Waals surface area (Å²) in [7, 11) is 3.04. The molecule has 1 aliphatic carbocycles. The molecule has 2 rings (SSSR count). The zero-order valence-electron chi connectivity index (χ0n) is 15.6. The largest absolute Gasteiger partial charge is 0.493 e. The van der Waals surface area contributed by atoms with E-state index in [1.54, 1.807) is 25.1 Å². The monoisotopic (exact) mass is 361 g/mol. The molecule has 0 unspecified atom stereocenters. The first-order valence-corrected chi connectivity index (χ1v) is 8.88. The summed E-state index contributed by atoms with van der Waals surface area (Å²) in [6.07, 6.45) is 5.83. The Kier molecular flexibility index (Phi) is 7.44. The van der Waals surface area contributed by atoms with Crippen LogP contribution >= 0.6 is 0 Å². The molecular formula is C19H27N3O4. The number of hydrazone groups is 1. The van der Waals surface area contributed by atoms with Crippen LogP contribution in [0.1, 0.15) is 55.8 Å². The van der Waals surface area contributed by atoms with E-state index in [2.05, 4.69) is 15.8 Å². The Hall–Kier alpha value is -2.57. The van der Waals surface area contributed by atoms with Gasteiger partial charge in [0.1, 0.15) is 0 Å². The van der Waals surface area contributed by atoms with Crippen LogP contribution in [0.4, 0.5) is 0 Å². The van der Waals surface area contributed by atoms with Gasteiger partial charge in [-0.2, -0.15) is 5.10 Å². The number of nitrogens with zero attached hydrogens (tertiary/aromatic N) is 1. The molecule has 1 aromatic carbocycles. The zero-order valence-corrected chi connectivity index (χ0v) is 15.6. The standard InChI is InChI=1S/C19H27N3O4/c1-13(11-18(23)20-15-7-5-4-6-8-15)21-22-19(24)14-9-10-16(25-2)17(12-14)26-3/h9-10,12,15H,4-8,11H2,1-3H3,(H,20,23)(H,22,24)/b21-13+. The first-order valence-electron chi connectivity index (χ1n) is 8.88. The summed E-state index contributed by atoms with van der Waals surface area (Å²) in [5, 5.41) is 7.05. The van der Waals surface area contributed by atoms with Crippen LogP contribution < -0.4 is 20.2 Å². The van der Waals surface area contributed by atoms with Crippen molar-refractivity contribution in [3.8, 4) is 11.5 Å². The highest BCUT2D eigenvalue weighted by atomic mass is 16.5. The number of benzene rings is 1. The molecule has 0 radical (unpaired) electrons. The molecule has 2 amide bonds. The van der Waals surface area contributed by atoms with Gasteiger partial charge in [-0.1, -0.05) is 19.3 Å². The Morgan fingerprint density at radius 1 is 1.12 bits per heavy atom. The van der Waals surface area contributed by atoms with Crippen molar-refractivity contribution in [1.82, 2.24) is 10.7 Å². The third kappa shape index (κ3) is 5.75. The van der Waals surface area contributed by atoms with Gasteiger partial charge in [-0.3, -0.25) is 9.59 Å². The number of carbonyl (C=O) groups excluding carboxylic acids is 2. The van der Waals surface area contributed by atoms with E-state index in [1.165, 1.54) is 33.5 Å². The van der Waals surface area contributed by atoms with Gasteiger partial charge in [-0.15, -0.1) is 0 Å². The Balaban J connectivity index is 1.87. The van der Waals surface area contributed by atoms with Gasteiger partial charge < -0.3 is 14.8 Å². The molecule has 0 saturated heterocycles. The van der Waals surface area contributed by atoms with E-state index in [1.807, 2.05) is 0 Å². The molecule has 0 heterocycles. The van der Waals surface area contributed by atoms with Crippen LogP contribution in [0.15, 0.2) is 23.3 Å².